The summed E-state index contributed by atoms with van der Waals surface area (Å²) in [6, 6.07) is 23.9. The van der Waals surface area contributed by atoms with Gasteiger partial charge in [-0.25, -0.2) is 0 Å². The molecule has 0 saturated carbocycles. The van der Waals surface area contributed by atoms with E-state index in [2.05, 4.69) is 4.90 Å². The zero-order valence-electron chi connectivity index (χ0n) is 23.8. The number of morpholine rings is 1. The second kappa shape index (κ2) is 14.0. The van der Waals surface area contributed by atoms with Crippen LogP contribution in [0.5, 0.6) is 11.5 Å². The Morgan fingerprint density at radius 1 is 0.952 bits per heavy atom. The van der Waals surface area contributed by atoms with Gasteiger partial charge in [0.25, 0.3) is 5.91 Å². The maximum Gasteiger partial charge on any atom is 0.290 e. The summed E-state index contributed by atoms with van der Waals surface area (Å²) in [6.45, 7) is 6.38. The number of ketones is 1. The number of benzene rings is 3. The fraction of sp³-hybridized carbons (Fsp3) is 0.294. The van der Waals surface area contributed by atoms with Crippen molar-refractivity contribution in [2.75, 3.05) is 46.0 Å². The minimum atomic E-state index is -0.783. The van der Waals surface area contributed by atoms with E-state index >= 15 is 0 Å². The van der Waals surface area contributed by atoms with Crippen molar-refractivity contribution in [3.63, 3.8) is 0 Å². The molecule has 8 nitrogen and oxygen atoms in total. The van der Waals surface area contributed by atoms with Crippen LogP contribution in [0.25, 0.3) is 6.08 Å². The Morgan fingerprint density at radius 3 is 2.38 bits per heavy atom. The third-order valence-electron chi connectivity index (χ3n) is 7.38. The van der Waals surface area contributed by atoms with Crippen molar-refractivity contribution in [1.29, 1.82) is 0 Å². The van der Waals surface area contributed by atoms with Gasteiger partial charge in [0.05, 0.1) is 31.4 Å². The van der Waals surface area contributed by atoms with Crippen LogP contribution in [0.4, 0.5) is 0 Å². The van der Waals surface area contributed by atoms with E-state index in [9.17, 15) is 14.7 Å². The molecule has 0 aromatic heterocycles. The molecular weight excluding hydrogens is 532 g/mol. The van der Waals surface area contributed by atoms with Gasteiger partial charge in [0, 0.05) is 26.2 Å². The Bertz CT molecular complexity index is 1430. The summed E-state index contributed by atoms with van der Waals surface area (Å²) in [6.07, 6.45) is 3.10. The van der Waals surface area contributed by atoms with Crippen molar-refractivity contribution in [2.45, 2.75) is 19.6 Å². The van der Waals surface area contributed by atoms with Gasteiger partial charge in [-0.1, -0.05) is 72.8 Å². The SMILES string of the molecule is CCOc1cc(C2C(C(=O)C=Cc3ccccc3)=C(O)C(=O)N2CCN2CCOCC2)ccc1OCc1ccccc1. The average Bonchev–Trinajstić information content (AvgIpc) is 3.29. The van der Waals surface area contributed by atoms with E-state index in [1.807, 2.05) is 73.7 Å². The molecule has 1 unspecified atom stereocenters. The molecule has 1 fully saturated rings. The van der Waals surface area contributed by atoms with Gasteiger partial charge < -0.3 is 24.2 Å². The molecule has 8 heteroatoms. The number of hydrogen-bond donors (Lipinski definition) is 1. The molecule has 2 aliphatic heterocycles. The lowest BCUT2D eigenvalue weighted by atomic mass is 9.95. The predicted octanol–water partition coefficient (Wildman–Crippen LogP) is 4.97. The lowest BCUT2D eigenvalue weighted by Crippen LogP contribution is -2.43. The Kier molecular flexibility index (Phi) is 9.69. The lowest BCUT2D eigenvalue weighted by Gasteiger charge is -2.31. The van der Waals surface area contributed by atoms with E-state index in [1.54, 1.807) is 23.1 Å². The normalized spacial score (nSPS) is 17.7. The summed E-state index contributed by atoms with van der Waals surface area (Å²) < 4.78 is 17.5. The Morgan fingerprint density at radius 2 is 1.67 bits per heavy atom. The van der Waals surface area contributed by atoms with Crippen molar-refractivity contribution >= 4 is 17.8 Å². The van der Waals surface area contributed by atoms with E-state index in [1.165, 1.54) is 6.08 Å². The third-order valence-corrected chi connectivity index (χ3v) is 7.38. The summed E-state index contributed by atoms with van der Waals surface area (Å²) in [4.78, 5) is 30.8. The molecule has 1 saturated heterocycles. The molecule has 42 heavy (non-hydrogen) atoms. The van der Waals surface area contributed by atoms with Gasteiger partial charge in [-0.15, -0.1) is 0 Å². The van der Waals surface area contributed by atoms with Crippen molar-refractivity contribution in [3.8, 4) is 11.5 Å². The van der Waals surface area contributed by atoms with Gasteiger partial charge >= 0.3 is 0 Å². The molecule has 3 aromatic carbocycles. The number of carbonyl (C=O) groups excluding carboxylic acids is 2. The van der Waals surface area contributed by atoms with E-state index in [-0.39, 0.29) is 5.57 Å². The summed E-state index contributed by atoms with van der Waals surface area (Å²) in [5.74, 6) is -0.451. The standard InChI is InChI=1S/C34H36N2O6/c1-2-41-30-23-27(14-16-29(30)42-24-26-11-7-4-8-12-26)32-31(28(37)15-13-25-9-5-3-6-10-25)33(38)34(39)36(32)18-17-35-19-21-40-22-20-35/h3-16,23,32,38H,2,17-22,24H2,1H3. The number of ether oxygens (including phenoxy) is 3. The van der Waals surface area contributed by atoms with Gasteiger partial charge in [0.15, 0.2) is 23.0 Å². The predicted molar refractivity (Wildman–Crippen MR) is 160 cm³/mol. The van der Waals surface area contributed by atoms with Crippen molar-refractivity contribution < 1.29 is 28.9 Å². The molecule has 3 aromatic rings. The maximum atomic E-state index is 13.6. The molecule has 0 radical (unpaired) electrons. The molecule has 0 bridgehead atoms. The Labute approximate surface area is 246 Å². The zero-order chi connectivity index (χ0) is 29.3. The van der Waals surface area contributed by atoms with Crippen LogP contribution in [0.3, 0.4) is 0 Å². The molecule has 1 atom stereocenters. The van der Waals surface area contributed by atoms with Gasteiger partial charge in [-0.05, 0) is 41.8 Å². The summed E-state index contributed by atoms with van der Waals surface area (Å²) in [5, 5.41) is 11.0. The second-order valence-corrected chi connectivity index (χ2v) is 10.1. The first kappa shape index (κ1) is 29.1. The molecule has 1 amide bonds. The van der Waals surface area contributed by atoms with Crippen LogP contribution >= 0.6 is 0 Å². The molecule has 2 aliphatic rings. The third kappa shape index (κ3) is 6.90. The fourth-order valence-corrected chi connectivity index (χ4v) is 5.20. The molecule has 0 spiro atoms. The van der Waals surface area contributed by atoms with Gasteiger partial charge in [-0.2, -0.15) is 0 Å². The minimum Gasteiger partial charge on any atom is -0.503 e. The number of rotatable bonds is 12. The van der Waals surface area contributed by atoms with Crippen LogP contribution in [0.2, 0.25) is 0 Å². The Balaban J connectivity index is 1.46. The summed E-state index contributed by atoms with van der Waals surface area (Å²) in [5.41, 5.74) is 2.57. The number of aliphatic hydroxyl groups excluding tert-OH is 1. The first-order valence-electron chi connectivity index (χ1n) is 14.3. The van der Waals surface area contributed by atoms with E-state index in [4.69, 9.17) is 14.2 Å². The number of amides is 1. The molecule has 5 rings (SSSR count). The van der Waals surface area contributed by atoms with Gasteiger partial charge in [0.1, 0.15) is 6.61 Å². The summed E-state index contributed by atoms with van der Waals surface area (Å²) in [7, 11) is 0. The average molecular weight is 569 g/mol. The van der Waals surface area contributed by atoms with E-state index in [0.29, 0.717) is 56.6 Å². The van der Waals surface area contributed by atoms with Crippen LogP contribution in [-0.2, 0) is 20.9 Å². The number of hydrogen-bond acceptors (Lipinski definition) is 7. The maximum absolute atomic E-state index is 13.6. The van der Waals surface area contributed by atoms with Crippen LogP contribution in [-0.4, -0.2) is 72.6 Å². The number of allylic oxidation sites excluding steroid dienone is 1. The van der Waals surface area contributed by atoms with E-state index in [0.717, 1.165) is 24.2 Å². The monoisotopic (exact) mass is 568 g/mol. The second-order valence-electron chi connectivity index (χ2n) is 10.1. The molecule has 1 N–H and O–H groups in total. The number of carbonyl (C=O) groups is 2. The highest BCUT2D eigenvalue weighted by Crippen LogP contribution is 2.41. The Hall–Kier alpha value is -4.40. The van der Waals surface area contributed by atoms with Crippen molar-refractivity contribution in [1.82, 2.24) is 9.80 Å². The van der Waals surface area contributed by atoms with Crippen LogP contribution in [0, 0.1) is 0 Å². The van der Waals surface area contributed by atoms with Gasteiger partial charge in [-0.3, -0.25) is 14.5 Å². The molecule has 218 valence electrons. The lowest BCUT2D eigenvalue weighted by molar-refractivity contribution is -0.129. The van der Waals surface area contributed by atoms with Crippen LogP contribution < -0.4 is 9.47 Å². The zero-order valence-corrected chi connectivity index (χ0v) is 23.8. The van der Waals surface area contributed by atoms with Gasteiger partial charge in [0.2, 0.25) is 0 Å². The largest absolute Gasteiger partial charge is 0.503 e. The topological polar surface area (TPSA) is 88.5 Å². The first-order valence-corrected chi connectivity index (χ1v) is 14.3. The quantitative estimate of drug-likeness (QED) is 0.309. The highest BCUT2D eigenvalue weighted by molar-refractivity contribution is 6.14. The van der Waals surface area contributed by atoms with Crippen LogP contribution in [0.1, 0.15) is 29.7 Å². The highest BCUT2D eigenvalue weighted by atomic mass is 16.5. The molecule has 0 aliphatic carbocycles. The van der Waals surface area contributed by atoms with E-state index < -0.39 is 23.5 Å². The minimum absolute atomic E-state index is 0.0505. The fourth-order valence-electron chi connectivity index (χ4n) is 5.20. The highest BCUT2D eigenvalue weighted by Gasteiger charge is 2.43. The van der Waals surface area contributed by atoms with Crippen molar-refractivity contribution in [2.24, 2.45) is 0 Å². The van der Waals surface area contributed by atoms with Crippen molar-refractivity contribution in [3.05, 3.63) is 113 Å². The molecule has 2 heterocycles. The van der Waals surface area contributed by atoms with Crippen LogP contribution in [0.15, 0.2) is 96.3 Å². The first-order chi connectivity index (χ1) is 20.5. The smallest absolute Gasteiger partial charge is 0.290 e. The molecular formula is C34H36N2O6. The summed E-state index contributed by atoms with van der Waals surface area (Å²) >= 11 is 0. The number of nitrogens with zero attached hydrogens (tertiary/aromatic N) is 2. The number of aliphatic hydroxyl groups is 1.